The van der Waals surface area contributed by atoms with Crippen molar-refractivity contribution in [3.8, 4) is 17.1 Å². The van der Waals surface area contributed by atoms with Crippen molar-refractivity contribution in [1.82, 2.24) is 20.0 Å². The van der Waals surface area contributed by atoms with Crippen molar-refractivity contribution in [2.75, 3.05) is 32.8 Å². The molecule has 2 amide bonds. The molecule has 0 aliphatic carbocycles. The Labute approximate surface area is 205 Å². The minimum absolute atomic E-state index is 0.188. The van der Waals surface area contributed by atoms with E-state index in [0.717, 1.165) is 37.9 Å². The molecule has 0 radical (unpaired) electrons. The zero-order valence-corrected chi connectivity index (χ0v) is 20.5. The number of benzene rings is 1. The number of ether oxygens (including phenoxy) is 1. The van der Waals surface area contributed by atoms with Gasteiger partial charge in [0.25, 0.3) is 5.91 Å². The number of amides is 2. The summed E-state index contributed by atoms with van der Waals surface area (Å²) in [5.41, 5.74) is 6.28. The molecule has 0 bridgehead atoms. The first-order valence-electron chi connectivity index (χ1n) is 12.3. The SMILES string of the molecule is CC(C)(F)CN1CCC(COc2ccc(-c3ccc(C(=O)N4CCC[C@H]4C(N)=O)cc3)nn2)CC1. The minimum Gasteiger partial charge on any atom is -0.476 e. The molecule has 2 fully saturated rings. The third-order valence-electron chi connectivity index (χ3n) is 6.68. The molecule has 2 saturated heterocycles. The lowest BCUT2D eigenvalue weighted by atomic mass is 9.97. The van der Waals surface area contributed by atoms with E-state index in [9.17, 15) is 14.0 Å². The molecule has 0 spiro atoms. The van der Waals surface area contributed by atoms with Crippen LogP contribution in [0.1, 0.15) is 49.9 Å². The average Bonchev–Trinajstić information content (AvgIpc) is 3.33. The molecule has 1 aromatic heterocycles. The first kappa shape index (κ1) is 25.0. The summed E-state index contributed by atoms with van der Waals surface area (Å²) in [6.45, 7) is 6.57. The fourth-order valence-corrected chi connectivity index (χ4v) is 4.85. The van der Waals surface area contributed by atoms with Gasteiger partial charge in [0.1, 0.15) is 11.7 Å². The Balaban J connectivity index is 1.28. The number of carbonyl (C=O) groups excluding carboxylic acids is 2. The topological polar surface area (TPSA) is 102 Å². The van der Waals surface area contributed by atoms with Crippen LogP contribution in [0.4, 0.5) is 4.39 Å². The van der Waals surface area contributed by atoms with Gasteiger partial charge in [0.15, 0.2) is 0 Å². The quantitative estimate of drug-likeness (QED) is 0.619. The van der Waals surface area contributed by atoms with Crippen LogP contribution in [0.3, 0.4) is 0 Å². The van der Waals surface area contributed by atoms with E-state index in [2.05, 4.69) is 15.1 Å². The van der Waals surface area contributed by atoms with Crippen molar-refractivity contribution in [3.63, 3.8) is 0 Å². The number of hydrogen-bond acceptors (Lipinski definition) is 6. The lowest BCUT2D eigenvalue weighted by Crippen LogP contribution is -2.43. The molecule has 35 heavy (non-hydrogen) atoms. The number of rotatable bonds is 8. The van der Waals surface area contributed by atoms with Crippen LogP contribution < -0.4 is 10.5 Å². The van der Waals surface area contributed by atoms with Crippen LogP contribution in [0.25, 0.3) is 11.3 Å². The van der Waals surface area contributed by atoms with Crippen LogP contribution in [-0.4, -0.2) is 76.3 Å². The van der Waals surface area contributed by atoms with Gasteiger partial charge in [-0.2, -0.15) is 0 Å². The largest absolute Gasteiger partial charge is 0.476 e. The number of alkyl halides is 1. The van der Waals surface area contributed by atoms with Gasteiger partial charge in [-0.25, -0.2) is 4.39 Å². The molecule has 2 N–H and O–H groups in total. The van der Waals surface area contributed by atoms with Crippen LogP contribution in [0.5, 0.6) is 5.88 Å². The monoisotopic (exact) mass is 483 g/mol. The number of halogens is 1. The number of likely N-dealkylation sites (tertiary alicyclic amines) is 2. The van der Waals surface area contributed by atoms with Crippen molar-refractivity contribution in [2.24, 2.45) is 11.7 Å². The lowest BCUT2D eigenvalue weighted by molar-refractivity contribution is -0.121. The normalized spacial score (nSPS) is 19.6. The molecule has 0 unspecified atom stereocenters. The third-order valence-corrected chi connectivity index (χ3v) is 6.68. The van der Waals surface area contributed by atoms with Gasteiger partial charge in [-0.3, -0.25) is 9.59 Å². The third kappa shape index (κ3) is 6.54. The number of piperidine rings is 1. The summed E-state index contributed by atoms with van der Waals surface area (Å²) in [5, 5.41) is 8.46. The van der Waals surface area contributed by atoms with Crippen molar-refractivity contribution < 1.29 is 18.7 Å². The van der Waals surface area contributed by atoms with Crippen LogP contribution >= 0.6 is 0 Å². The summed E-state index contributed by atoms with van der Waals surface area (Å²) < 4.78 is 19.7. The van der Waals surface area contributed by atoms with Crippen molar-refractivity contribution >= 4 is 11.8 Å². The zero-order chi connectivity index (χ0) is 25.0. The highest BCUT2D eigenvalue weighted by Crippen LogP contribution is 2.24. The first-order valence-corrected chi connectivity index (χ1v) is 12.3. The van der Waals surface area contributed by atoms with Crippen LogP contribution in [0, 0.1) is 5.92 Å². The minimum atomic E-state index is -1.17. The number of nitrogens with zero attached hydrogens (tertiary/aromatic N) is 4. The molecule has 4 rings (SSSR count). The number of hydrogen-bond donors (Lipinski definition) is 1. The Kier molecular flexibility index (Phi) is 7.64. The van der Waals surface area contributed by atoms with Gasteiger partial charge in [-0.15, -0.1) is 10.2 Å². The Bertz CT molecular complexity index is 1010. The second kappa shape index (κ2) is 10.7. The second-order valence-electron chi connectivity index (χ2n) is 10.1. The van der Waals surface area contributed by atoms with E-state index in [4.69, 9.17) is 10.5 Å². The number of nitrogens with two attached hydrogens (primary N) is 1. The molecule has 2 aliphatic heterocycles. The van der Waals surface area contributed by atoms with Gasteiger partial charge in [-0.05, 0) is 76.7 Å². The fourth-order valence-electron chi connectivity index (χ4n) is 4.85. The summed E-state index contributed by atoms with van der Waals surface area (Å²) in [7, 11) is 0. The maximum Gasteiger partial charge on any atom is 0.254 e. The molecule has 1 aromatic carbocycles. The predicted octanol–water partition coefficient (Wildman–Crippen LogP) is 3.07. The molecular formula is C26H34FN5O3. The summed E-state index contributed by atoms with van der Waals surface area (Å²) >= 11 is 0. The smallest absolute Gasteiger partial charge is 0.254 e. The van der Waals surface area contributed by atoms with Crippen LogP contribution in [0.15, 0.2) is 36.4 Å². The van der Waals surface area contributed by atoms with E-state index in [1.54, 1.807) is 36.9 Å². The molecule has 2 aliphatic rings. The van der Waals surface area contributed by atoms with Crippen molar-refractivity contribution in [3.05, 3.63) is 42.0 Å². The zero-order valence-electron chi connectivity index (χ0n) is 20.5. The Morgan fingerprint density at radius 2 is 1.77 bits per heavy atom. The van der Waals surface area contributed by atoms with E-state index in [1.807, 2.05) is 18.2 Å². The molecule has 188 valence electrons. The van der Waals surface area contributed by atoms with E-state index < -0.39 is 17.6 Å². The van der Waals surface area contributed by atoms with E-state index in [1.165, 1.54) is 0 Å². The van der Waals surface area contributed by atoms with E-state index >= 15 is 0 Å². The summed E-state index contributed by atoms with van der Waals surface area (Å²) in [5.74, 6) is 0.243. The van der Waals surface area contributed by atoms with Crippen molar-refractivity contribution in [1.29, 1.82) is 0 Å². The second-order valence-corrected chi connectivity index (χ2v) is 10.1. The molecule has 1 atom stereocenters. The average molecular weight is 484 g/mol. The van der Waals surface area contributed by atoms with Gasteiger partial charge in [0, 0.05) is 30.3 Å². The van der Waals surface area contributed by atoms with Gasteiger partial charge in [0.2, 0.25) is 11.8 Å². The van der Waals surface area contributed by atoms with E-state index in [0.29, 0.717) is 49.2 Å². The highest BCUT2D eigenvalue weighted by molar-refractivity contribution is 5.98. The number of carbonyl (C=O) groups is 2. The number of aromatic nitrogens is 2. The molecule has 0 saturated carbocycles. The van der Waals surface area contributed by atoms with Gasteiger partial charge in [-0.1, -0.05) is 12.1 Å². The lowest BCUT2D eigenvalue weighted by Gasteiger charge is -2.34. The van der Waals surface area contributed by atoms with Crippen LogP contribution in [0.2, 0.25) is 0 Å². The Hall–Kier alpha value is -3.07. The maximum atomic E-state index is 13.8. The van der Waals surface area contributed by atoms with Gasteiger partial charge < -0.3 is 20.3 Å². The molecule has 8 nitrogen and oxygen atoms in total. The fraction of sp³-hybridized carbons (Fsp3) is 0.538. The highest BCUT2D eigenvalue weighted by Gasteiger charge is 2.33. The Morgan fingerprint density at radius 3 is 2.37 bits per heavy atom. The maximum absolute atomic E-state index is 13.8. The highest BCUT2D eigenvalue weighted by atomic mass is 19.1. The standard InChI is InChI=1S/C26H34FN5O3/c1-26(2,27)17-31-14-11-18(12-15-31)16-35-23-10-9-21(29-30-23)19-5-7-20(8-6-19)25(34)32-13-3-4-22(32)24(28)33/h5-10,18,22H,3-4,11-17H2,1-2H3,(H2,28,33)/t22-/m0/s1. The Morgan fingerprint density at radius 1 is 1.06 bits per heavy atom. The summed E-state index contributed by atoms with van der Waals surface area (Å²) in [4.78, 5) is 28.1. The van der Waals surface area contributed by atoms with Gasteiger partial charge in [0.05, 0.1) is 12.3 Å². The molecule has 3 heterocycles. The van der Waals surface area contributed by atoms with E-state index in [-0.39, 0.29) is 5.91 Å². The van der Waals surface area contributed by atoms with Crippen molar-refractivity contribution in [2.45, 2.75) is 51.2 Å². The molecular weight excluding hydrogens is 449 g/mol. The predicted molar refractivity (Wildman–Crippen MR) is 131 cm³/mol. The first-order chi connectivity index (χ1) is 16.7. The summed E-state index contributed by atoms with van der Waals surface area (Å²) in [6.07, 6.45) is 3.34. The van der Waals surface area contributed by atoms with Gasteiger partial charge >= 0.3 is 0 Å². The van der Waals surface area contributed by atoms with Crippen LogP contribution in [-0.2, 0) is 4.79 Å². The molecule has 2 aromatic rings. The number of primary amides is 1. The molecule has 9 heteroatoms. The summed E-state index contributed by atoms with van der Waals surface area (Å²) in [6, 6.07) is 10.2.